The number of nitrogens with two attached hydrogens (primary N) is 1. The van der Waals surface area contributed by atoms with Gasteiger partial charge in [-0.3, -0.25) is 14.2 Å². The number of anilines is 2. The van der Waals surface area contributed by atoms with Crippen molar-refractivity contribution in [2.24, 2.45) is 0 Å². The lowest BCUT2D eigenvalue weighted by atomic mass is 10.1. The molecule has 0 aliphatic rings. The minimum absolute atomic E-state index is 0.127. The highest BCUT2D eigenvalue weighted by Crippen LogP contribution is 2.30. The van der Waals surface area contributed by atoms with Crippen molar-refractivity contribution in [2.45, 2.75) is 13.8 Å². The predicted octanol–water partition coefficient (Wildman–Crippen LogP) is 4.78. The summed E-state index contributed by atoms with van der Waals surface area (Å²) in [5.41, 5.74) is 10.5. The molecule has 0 aliphatic heterocycles. The lowest BCUT2D eigenvalue weighted by molar-refractivity contribution is 0.0967. The second-order valence-corrected chi connectivity index (χ2v) is 7.11. The van der Waals surface area contributed by atoms with E-state index in [0.29, 0.717) is 27.7 Å². The molecule has 3 aromatic carbocycles. The molecular weight excluding hydrogens is 362 g/mol. The van der Waals surface area contributed by atoms with E-state index in [1.54, 1.807) is 24.3 Å². The molecule has 0 unspecified atom stereocenters. The summed E-state index contributed by atoms with van der Waals surface area (Å²) in [6, 6.07) is 22.0. The number of rotatable bonds is 3. The Morgan fingerprint density at radius 3 is 2.31 bits per heavy atom. The van der Waals surface area contributed by atoms with Crippen molar-refractivity contribution in [3.8, 4) is 0 Å². The van der Waals surface area contributed by atoms with Gasteiger partial charge in [-0.2, -0.15) is 0 Å². The number of aryl methyl sites for hydroxylation is 2. The molecule has 0 saturated heterocycles. The van der Waals surface area contributed by atoms with Gasteiger partial charge in [0.15, 0.2) is 0 Å². The fraction of sp³-hybridized carbons (Fsp3) is 0.0833. The average Bonchev–Trinajstić information content (AvgIpc) is 3.00. The number of carbonyl (C=O) groups excluding carboxylic acids is 2. The number of nitrogens with one attached hydrogen (secondary N) is 1. The topological polar surface area (TPSA) is 77.1 Å². The Hall–Kier alpha value is -3.86. The Balaban J connectivity index is 1.81. The number of benzene rings is 3. The molecule has 3 N–H and O–H groups in total. The van der Waals surface area contributed by atoms with Crippen molar-refractivity contribution in [3.05, 3.63) is 95.1 Å². The first kappa shape index (κ1) is 18.5. The van der Waals surface area contributed by atoms with Crippen LogP contribution in [0.1, 0.15) is 31.8 Å². The Kier molecular flexibility index (Phi) is 4.64. The molecule has 5 heteroatoms. The highest BCUT2D eigenvalue weighted by atomic mass is 16.2. The van der Waals surface area contributed by atoms with Crippen LogP contribution in [-0.4, -0.2) is 16.4 Å². The quantitative estimate of drug-likeness (QED) is 0.534. The number of hydrogen-bond acceptors (Lipinski definition) is 3. The Morgan fingerprint density at radius 1 is 0.862 bits per heavy atom. The van der Waals surface area contributed by atoms with Crippen LogP contribution < -0.4 is 11.1 Å². The van der Waals surface area contributed by atoms with Crippen LogP contribution in [0.2, 0.25) is 0 Å². The molecule has 0 bridgehead atoms. The van der Waals surface area contributed by atoms with Gasteiger partial charge < -0.3 is 11.1 Å². The Morgan fingerprint density at radius 2 is 1.59 bits per heavy atom. The molecule has 4 aromatic rings. The van der Waals surface area contributed by atoms with E-state index in [2.05, 4.69) is 5.32 Å². The van der Waals surface area contributed by atoms with Crippen molar-refractivity contribution in [1.29, 1.82) is 0 Å². The van der Waals surface area contributed by atoms with Gasteiger partial charge in [0.05, 0.1) is 11.1 Å². The number of amides is 1. The summed E-state index contributed by atoms with van der Waals surface area (Å²) in [4.78, 5) is 26.2. The molecule has 144 valence electrons. The van der Waals surface area contributed by atoms with Crippen LogP contribution in [0, 0.1) is 13.8 Å². The third kappa shape index (κ3) is 3.38. The fourth-order valence-corrected chi connectivity index (χ4v) is 3.46. The SMILES string of the molecule is Cc1ccc(C(=O)n2c(N)c(C(=O)Nc3cccc(C)c3)c3ccccc32)cc1. The van der Waals surface area contributed by atoms with Crippen LogP contribution in [0.4, 0.5) is 11.5 Å². The van der Waals surface area contributed by atoms with E-state index in [4.69, 9.17) is 5.73 Å². The number of nitrogens with zero attached hydrogens (tertiary/aromatic N) is 1. The number of para-hydroxylation sites is 1. The third-order valence-corrected chi connectivity index (χ3v) is 4.92. The van der Waals surface area contributed by atoms with Gasteiger partial charge in [-0.15, -0.1) is 0 Å². The molecule has 5 nitrogen and oxygen atoms in total. The summed E-state index contributed by atoms with van der Waals surface area (Å²) in [7, 11) is 0. The van der Waals surface area contributed by atoms with Crippen LogP contribution in [0.3, 0.4) is 0 Å². The minimum atomic E-state index is -0.347. The molecule has 0 aliphatic carbocycles. The number of fused-ring (bicyclic) bond motifs is 1. The molecule has 1 aromatic heterocycles. The smallest absolute Gasteiger partial charge is 0.263 e. The van der Waals surface area contributed by atoms with Crippen LogP contribution in [0.5, 0.6) is 0 Å². The predicted molar refractivity (Wildman–Crippen MR) is 116 cm³/mol. The molecule has 29 heavy (non-hydrogen) atoms. The van der Waals surface area contributed by atoms with E-state index in [-0.39, 0.29) is 17.6 Å². The Bertz CT molecular complexity index is 1240. The lowest BCUT2D eigenvalue weighted by Gasteiger charge is -2.08. The summed E-state index contributed by atoms with van der Waals surface area (Å²) in [6.07, 6.45) is 0. The first-order valence-electron chi connectivity index (χ1n) is 9.34. The van der Waals surface area contributed by atoms with Gasteiger partial charge in [-0.25, -0.2) is 0 Å². The number of hydrogen-bond donors (Lipinski definition) is 2. The summed E-state index contributed by atoms with van der Waals surface area (Å²) in [5, 5.41) is 3.52. The monoisotopic (exact) mass is 383 g/mol. The van der Waals surface area contributed by atoms with Gasteiger partial charge in [0.1, 0.15) is 5.82 Å². The van der Waals surface area contributed by atoms with Crippen LogP contribution in [0.15, 0.2) is 72.8 Å². The van der Waals surface area contributed by atoms with Gasteiger partial charge in [0.2, 0.25) is 0 Å². The van der Waals surface area contributed by atoms with Crippen molar-refractivity contribution in [2.75, 3.05) is 11.1 Å². The van der Waals surface area contributed by atoms with E-state index in [0.717, 1.165) is 11.1 Å². The molecule has 1 heterocycles. The first-order valence-corrected chi connectivity index (χ1v) is 9.34. The average molecular weight is 383 g/mol. The highest BCUT2D eigenvalue weighted by molar-refractivity contribution is 6.19. The summed E-state index contributed by atoms with van der Waals surface area (Å²) in [5.74, 6) is -0.491. The summed E-state index contributed by atoms with van der Waals surface area (Å²) >= 11 is 0. The van der Waals surface area contributed by atoms with Gasteiger partial charge in [-0.1, -0.05) is 48.0 Å². The van der Waals surface area contributed by atoms with E-state index in [1.807, 2.05) is 62.4 Å². The molecule has 0 saturated carbocycles. The molecule has 4 rings (SSSR count). The maximum absolute atomic E-state index is 13.2. The molecule has 0 radical (unpaired) electrons. The first-order chi connectivity index (χ1) is 14.0. The molecule has 0 spiro atoms. The fourth-order valence-electron chi connectivity index (χ4n) is 3.46. The summed E-state index contributed by atoms with van der Waals surface area (Å²) < 4.78 is 1.41. The zero-order valence-electron chi connectivity index (χ0n) is 16.3. The molecular formula is C24H21N3O2. The Labute approximate surface area is 168 Å². The van der Waals surface area contributed by atoms with Gasteiger partial charge in [-0.05, 0) is 49.7 Å². The standard InChI is InChI=1S/C24H21N3O2/c1-15-10-12-17(13-11-15)24(29)27-20-9-4-3-8-19(20)21(22(27)25)23(28)26-18-7-5-6-16(2)14-18/h3-14H,25H2,1-2H3,(H,26,28). The number of nitrogen functional groups attached to an aromatic ring is 1. The van der Waals surface area contributed by atoms with Crippen molar-refractivity contribution in [1.82, 2.24) is 4.57 Å². The minimum Gasteiger partial charge on any atom is -0.384 e. The van der Waals surface area contributed by atoms with Crippen molar-refractivity contribution >= 4 is 34.2 Å². The van der Waals surface area contributed by atoms with Gasteiger partial charge in [0, 0.05) is 16.6 Å². The van der Waals surface area contributed by atoms with Gasteiger partial charge in [0.25, 0.3) is 11.8 Å². The zero-order valence-corrected chi connectivity index (χ0v) is 16.3. The van der Waals surface area contributed by atoms with E-state index >= 15 is 0 Å². The molecule has 0 fully saturated rings. The van der Waals surface area contributed by atoms with E-state index in [9.17, 15) is 9.59 Å². The number of carbonyl (C=O) groups is 2. The third-order valence-electron chi connectivity index (χ3n) is 4.92. The molecule has 1 amide bonds. The van der Waals surface area contributed by atoms with E-state index < -0.39 is 0 Å². The second-order valence-electron chi connectivity index (χ2n) is 7.11. The molecule has 0 atom stereocenters. The van der Waals surface area contributed by atoms with Crippen molar-refractivity contribution < 1.29 is 9.59 Å². The van der Waals surface area contributed by atoms with Crippen LogP contribution in [0.25, 0.3) is 10.9 Å². The maximum Gasteiger partial charge on any atom is 0.263 e. The highest BCUT2D eigenvalue weighted by Gasteiger charge is 2.24. The lowest BCUT2D eigenvalue weighted by Crippen LogP contribution is -2.18. The largest absolute Gasteiger partial charge is 0.384 e. The normalized spacial score (nSPS) is 10.8. The zero-order chi connectivity index (χ0) is 20.5. The van der Waals surface area contributed by atoms with Crippen LogP contribution >= 0.6 is 0 Å². The second kappa shape index (κ2) is 7.28. The maximum atomic E-state index is 13.2. The number of aromatic nitrogens is 1. The van der Waals surface area contributed by atoms with E-state index in [1.165, 1.54) is 4.57 Å². The van der Waals surface area contributed by atoms with Gasteiger partial charge >= 0.3 is 0 Å². The van der Waals surface area contributed by atoms with Crippen LogP contribution in [-0.2, 0) is 0 Å². The summed E-state index contributed by atoms with van der Waals surface area (Å²) in [6.45, 7) is 3.91. The van der Waals surface area contributed by atoms with Crippen molar-refractivity contribution in [3.63, 3.8) is 0 Å².